The maximum absolute atomic E-state index is 4.50. The summed E-state index contributed by atoms with van der Waals surface area (Å²) in [4.78, 5) is 11.2. The molecule has 0 aromatic carbocycles. The van der Waals surface area contributed by atoms with Gasteiger partial charge in [-0.05, 0) is 30.4 Å². The summed E-state index contributed by atoms with van der Waals surface area (Å²) in [7, 11) is 0. The van der Waals surface area contributed by atoms with E-state index in [9.17, 15) is 0 Å². The standard InChI is InChI=1S/C14H15N5S/c1-5-17-18-11(1)10-2-6-19(7-3-10)14-13-12(4-8-20-13)15-9-16-14/h1,4-5,8-10H,2-3,6-7H2,(H,17,18). The largest absolute Gasteiger partial charge is 0.355 e. The molecule has 1 aliphatic rings. The van der Waals surface area contributed by atoms with Crippen LogP contribution in [0.1, 0.15) is 24.5 Å². The van der Waals surface area contributed by atoms with Crippen LogP contribution in [-0.4, -0.2) is 33.3 Å². The maximum atomic E-state index is 4.50. The van der Waals surface area contributed by atoms with Gasteiger partial charge in [0.2, 0.25) is 0 Å². The number of H-pyrrole nitrogens is 1. The SMILES string of the molecule is c1cc(C2CCN(c3ncnc4ccsc34)CC2)[nH]n1. The van der Waals surface area contributed by atoms with Crippen LogP contribution in [0.4, 0.5) is 5.82 Å². The normalized spacial score (nSPS) is 16.9. The highest BCUT2D eigenvalue weighted by Crippen LogP contribution is 2.33. The first-order valence-electron chi connectivity index (χ1n) is 6.84. The van der Waals surface area contributed by atoms with Crippen molar-refractivity contribution in [2.75, 3.05) is 18.0 Å². The molecule has 1 fully saturated rings. The lowest BCUT2D eigenvalue weighted by Crippen LogP contribution is -2.33. The summed E-state index contributed by atoms with van der Waals surface area (Å²) in [6, 6.07) is 4.14. The van der Waals surface area contributed by atoms with E-state index < -0.39 is 0 Å². The Balaban J connectivity index is 1.56. The first-order valence-corrected chi connectivity index (χ1v) is 7.72. The first kappa shape index (κ1) is 11.8. The zero-order valence-corrected chi connectivity index (χ0v) is 11.8. The summed E-state index contributed by atoms with van der Waals surface area (Å²) in [6.07, 6.45) is 5.78. The molecule has 0 atom stereocenters. The van der Waals surface area contributed by atoms with Gasteiger partial charge in [-0.25, -0.2) is 9.97 Å². The Morgan fingerprint density at radius 3 is 2.90 bits per heavy atom. The highest BCUT2D eigenvalue weighted by Gasteiger charge is 2.23. The number of aromatic amines is 1. The molecule has 20 heavy (non-hydrogen) atoms. The summed E-state index contributed by atoms with van der Waals surface area (Å²) in [5.74, 6) is 1.68. The van der Waals surface area contributed by atoms with Crippen molar-refractivity contribution in [2.45, 2.75) is 18.8 Å². The van der Waals surface area contributed by atoms with E-state index in [2.05, 4.69) is 42.6 Å². The molecule has 3 aromatic rings. The van der Waals surface area contributed by atoms with Crippen molar-refractivity contribution in [1.82, 2.24) is 20.2 Å². The van der Waals surface area contributed by atoms with Crippen molar-refractivity contribution in [2.24, 2.45) is 0 Å². The van der Waals surface area contributed by atoms with Crippen molar-refractivity contribution < 1.29 is 0 Å². The number of aromatic nitrogens is 4. The van der Waals surface area contributed by atoms with Gasteiger partial charge in [0.1, 0.15) is 12.1 Å². The molecule has 5 nitrogen and oxygen atoms in total. The molecular weight excluding hydrogens is 270 g/mol. The fraction of sp³-hybridized carbons (Fsp3) is 0.357. The summed E-state index contributed by atoms with van der Waals surface area (Å²) < 4.78 is 1.20. The predicted octanol–water partition coefficient (Wildman–Crippen LogP) is 2.80. The van der Waals surface area contributed by atoms with E-state index in [-0.39, 0.29) is 0 Å². The highest BCUT2D eigenvalue weighted by atomic mass is 32.1. The summed E-state index contributed by atoms with van der Waals surface area (Å²) in [5, 5.41) is 9.23. The third kappa shape index (κ3) is 1.96. The van der Waals surface area contributed by atoms with E-state index in [1.807, 2.05) is 6.20 Å². The molecule has 0 amide bonds. The van der Waals surface area contributed by atoms with E-state index in [0.29, 0.717) is 5.92 Å². The lowest BCUT2D eigenvalue weighted by atomic mass is 9.94. The molecule has 0 unspecified atom stereocenters. The number of nitrogens with one attached hydrogen (secondary N) is 1. The Morgan fingerprint density at radius 2 is 2.10 bits per heavy atom. The number of hydrogen-bond donors (Lipinski definition) is 1. The van der Waals surface area contributed by atoms with Crippen molar-refractivity contribution in [3.8, 4) is 0 Å². The van der Waals surface area contributed by atoms with Gasteiger partial charge in [0, 0.05) is 30.9 Å². The first-order chi connectivity index (χ1) is 9.92. The Morgan fingerprint density at radius 1 is 1.20 bits per heavy atom. The number of hydrogen-bond acceptors (Lipinski definition) is 5. The highest BCUT2D eigenvalue weighted by molar-refractivity contribution is 7.17. The van der Waals surface area contributed by atoms with Crippen molar-refractivity contribution >= 4 is 27.4 Å². The van der Waals surface area contributed by atoms with Crippen LogP contribution in [-0.2, 0) is 0 Å². The molecule has 0 aliphatic carbocycles. The molecule has 0 bridgehead atoms. The van der Waals surface area contributed by atoms with Crippen LogP contribution in [0.2, 0.25) is 0 Å². The minimum Gasteiger partial charge on any atom is -0.355 e. The van der Waals surface area contributed by atoms with E-state index in [4.69, 9.17) is 0 Å². The molecular formula is C14H15N5S. The Kier molecular flexibility index (Phi) is 2.88. The van der Waals surface area contributed by atoms with Crippen LogP contribution in [0, 0.1) is 0 Å². The Bertz CT molecular complexity index is 697. The number of rotatable bonds is 2. The molecule has 0 spiro atoms. The Hall–Kier alpha value is -1.95. The van der Waals surface area contributed by atoms with Crippen LogP contribution in [0.15, 0.2) is 30.0 Å². The number of thiophene rings is 1. The molecule has 0 radical (unpaired) electrons. The van der Waals surface area contributed by atoms with Gasteiger partial charge in [-0.1, -0.05) is 0 Å². The molecule has 102 valence electrons. The molecule has 1 aliphatic heterocycles. The molecule has 1 N–H and O–H groups in total. The van der Waals surface area contributed by atoms with Crippen LogP contribution in [0.3, 0.4) is 0 Å². The smallest absolute Gasteiger partial charge is 0.150 e. The minimum atomic E-state index is 0.592. The molecule has 4 rings (SSSR count). The average molecular weight is 285 g/mol. The molecule has 0 saturated carbocycles. The second-order valence-corrected chi connectivity index (χ2v) is 6.02. The summed E-state index contributed by atoms with van der Waals surface area (Å²) in [6.45, 7) is 2.07. The zero-order valence-electron chi connectivity index (χ0n) is 11.0. The summed E-state index contributed by atoms with van der Waals surface area (Å²) in [5.41, 5.74) is 2.31. The van der Waals surface area contributed by atoms with Crippen LogP contribution in [0.5, 0.6) is 0 Å². The fourth-order valence-corrected chi connectivity index (χ4v) is 3.76. The van der Waals surface area contributed by atoms with Gasteiger partial charge in [-0.3, -0.25) is 5.10 Å². The number of anilines is 1. The third-order valence-electron chi connectivity index (χ3n) is 3.98. The second kappa shape index (κ2) is 4.86. The van der Waals surface area contributed by atoms with Crippen molar-refractivity contribution in [3.05, 3.63) is 35.7 Å². The third-order valence-corrected chi connectivity index (χ3v) is 4.88. The molecule has 4 heterocycles. The maximum Gasteiger partial charge on any atom is 0.150 e. The van der Waals surface area contributed by atoms with Crippen LogP contribution < -0.4 is 4.90 Å². The average Bonchev–Trinajstić information content (AvgIpc) is 3.18. The zero-order chi connectivity index (χ0) is 13.4. The minimum absolute atomic E-state index is 0.592. The fourth-order valence-electron chi connectivity index (χ4n) is 2.90. The Labute approximate surface area is 120 Å². The molecule has 6 heteroatoms. The molecule has 3 aromatic heterocycles. The second-order valence-electron chi connectivity index (χ2n) is 5.11. The lowest BCUT2D eigenvalue weighted by Gasteiger charge is -2.32. The van der Waals surface area contributed by atoms with Gasteiger partial charge in [-0.15, -0.1) is 11.3 Å². The van der Waals surface area contributed by atoms with Crippen molar-refractivity contribution in [3.63, 3.8) is 0 Å². The van der Waals surface area contributed by atoms with Gasteiger partial charge < -0.3 is 4.90 Å². The number of fused-ring (bicyclic) bond motifs is 1. The summed E-state index contributed by atoms with van der Waals surface area (Å²) >= 11 is 1.72. The monoisotopic (exact) mass is 285 g/mol. The number of piperidine rings is 1. The van der Waals surface area contributed by atoms with Gasteiger partial charge in [0.25, 0.3) is 0 Å². The van der Waals surface area contributed by atoms with Gasteiger partial charge >= 0.3 is 0 Å². The van der Waals surface area contributed by atoms with E-state index in [1.54, 1.807) is 17.7 Å². The predicted molar refractivity (Wildman–Crippen MR) is 80.2 cm³/mol. The van der Waals surface area contributed by atoms with Gasteiger partial charge in [-0.2, -0.15) is 5.10 Å². The lowest BCUT2D eigenvalue weighted by molar-refractivity contribution is 0.494. The molecule has 1 saturated heterocycles. The van der Waals surface area contributed by atoms with E-state index in [0.717, 1.165) is 37.3 Å². The van der Waals surface area contributed by atoms with E-state index in [1.165, 1.54) is 10.4 Å². The van der Waals surface area contributed by atoms with Gasteiger partial charge in [0.15, 0.2) is 0 Å². The number of nitrogens with zero attached hydrogens (tertiary/aromatic N) is 4. The van der Waals surface area contributed by atoms with Crippen LogP contribution in [0.25, 0.3) is 10.2 Å². The van der Waals surface area contributed by atoms with Crippen molar-refractivity contribution in [1.29, 1.82) is 0 Å². The van der Waals surface area contributed by atoms with Crippen LogP contribution >= 0.6 is 11.3 Å². The quantitative estimate of drug-likeness (QED) is 0.786. The van der Waals surface area contributed by atoms with E-state index >= 15 is 0 Å². The topological polar surface area (TPSA) is 57.7 Å². The van der Waals surface area contributed by atoms with Gasteiger partial charge in [0.05, 0.1) is 10.2 Å².